The fourth-order valence-corrected chi connectivity index (χ4v) is 0.322. The maximum Gasteiger partial charge on any atom is 0.333 e. The first kappa shape index (κ1) is 9.70. The lowest BCUT2D eigenvalue weighted by molar-refractivity contribution is -0.125. The molecule has 0 saturated heterocycles. The minimum absolute atomic E-state index is 0.452. The van der Waals surface area contributed by atoms with Crippen molar-refractivity contribution in [1.29, 1.82) is 0 Å². The standard InChI is InChI=1S/C5H12N4O2/c1-3(6)4(10)8-9(2)5(7)11/h3H,6H2,1-2H3,(H2,7,11)(H,8,10)/t3-/m0/s1. The molecule has 0 aliphatic heterocycles. The summed E-state index contributed by atoms with van der Waals surface area (Å²) in [7, 11) is 1.34. The summed E-state index contributed by atoms with van der Waals surface area (Å²) in [6, 6.07) is -1.39. The average molecular weight is 160 g/mol. The first-order chi connectivity index (χ1) is 4.95. The molecule has 0 aromatic carbocycles. The van der Waals surface area contributed by atoms with Crippen LogP contribution in [0.5, 0.6) is 0 Å². The molecule has 0 fully saturated rings. The van der Waals surface area contributed by atoms with E-state index in [1.54, 1.807) is 0 Å². The van der Waals surface area contributed by atoms with Gasteiger partial charge in [-0.05, 0) is 6.92 Å². The van der Waals surface area contributed by atoms with Crippen molar-refractivity contribution in [3.8, 4) is 0 Å². The number of nitrogens with two attached hydrogens (primary N) is 2. The summed E-state index contributed by atoms with van der Waals surface area (Å²) in [4.78, 5) is 21.1. The van der Waals surface area contributed by atoms with Crippen LogP contribution in [-0.2, 0) is 4.79 Å². The molecule has 64 valence electrons. The predicted molar refractivity (Wildman–Crippen MR) is 39.1 cm³/mol. The van der Waals surface area contributed by atoms with Gasteiger partial charge in [0.25, 0.3) is 5.91 Å². The lowest BCUT2D eigenvalue weighted by atomic mass is 10.3. The molecule has 3 amide bonds. The van der Waals surface area contributed by atoms with E-state index in [4.69, 9.17) is 11.5 Å². The smallest absolute Gasteiger partial charge is 0.333 e. The van der Waals surface area contributed by atoms with Gasteiger partial charge in [-0.1, -0.05) is 0 Å². The van der Waals surface area contributed by atoms with Gasteiger partial charge in [0.05, 0.1) is 6.04 Å². The van der Waals surface area contributed by atoms with E-state index in [0.29, 0.717) is 0 Å². The third kappa shape index (κ3) is 3.41. The van der Waals surface area contributed by atoms with Gasteiger partial charge in [0.15, 0.2) is 0 Å². The van der Waals surface area contributed by atoms with Gasteiger partial charge in [-0.25, -0.2) is 9.80 Å². The SMILES string of the molecule is C[C@H](N)C(=O)NN(C)C(N)=O. The van der Waals surface area contributed by atoms with E-state index in [2.05, 4.69) is 5.43 Å². The first-order valence-electron chi connectivity index (χ1n) is 3.04. The molecule has 6 nitrogen and oxygen atoms in total. The number of rotatable bonds is 1. The minimum atomic E-state index is -0.737. The number of carbonyl (C=O) groups excluding carboxylic acids is 2. The van der Waals surface area contributed by atoms with E-state index in [1.165, 1.54) is 14.0 Å². The highest BCUT2D eigenvalue weighted by molar-refractivity contribution is 5.83. The fourth-order valence-electron chi connectivity index (χ4n) is 0.322. The summed E-state index contributed by atoms with van der Waals surface area (Å²) in [6.07, 6.45) is 0. The van der Waals surface area contributed by atoms with Gasteiger partial charge in [0, 0.05) is 7.05 Å². The highest BCUT2D eigenvalue weighted by atomic mass is 16.2. The van der Waals surface area contributed by atoms with E-state index >= 15 is 0 Å². The molecule has 0 heterocycles. The topological polar surface area (TPSA) is 101 Å². The zero-order valence-electron chi connectivity index (χ0n) is 6.50. The Morgan fingerprint density at radius 2 is 2.00 bits per heavy atom. The number of amides is 3. The summed E-state index contributed by atoms with van der Waals surface area (Å²) < 4.78 is 0. The minimum Gasteiger partial charge on any atom is -0.350 e. The molecular weight excluding hydrogens is 148 g/mol. The largest absolute Gasteiger partial charge is 0.350 e. The average Bonchev–Trinajstić information content (AvgIpc) is 1.87. The van der Waals surface area contributed by atoms with Crippen LogP contribution in [0.2, 0.25) is 0 Å². The van der Waals surface area contributed by atoms with Crippen LogP contribution >= 0.6 is 0 Å². The molecule has 11 heavy (non-hydrogen) atoms. The van der Waals surface area contributed by atoms with Crippen LogP contribution < -0.4 is 16.9 Å². The van der Waals surface area contributed by atoms with Crippen LogP contribution in [0.4, 0.5) is 4.79 Å². The molecule has 0 aromatic heterocycles. The van der Waals surface area contributed by atoms with Gasteiger partial charge in [0.1, 0.15) is 0 Å². The summed E-state index contributed by atoms with van der Waals surface area (Å²) in [5.41, 5.74) is 12.2. The molecule has 0 aromatic rings. The third-order valence-corrected chi connectivity index (χ3v) is 1.02. The zero-order valence-corrected chi connectivity index (χ0v) is 6.50. The number of hydrogen-bond donors (Lipinski definition) is 3. The van der Waals surface area contributed by atoms with Crippen molar-refractivity contribution in [2.24, 2.45) is 11.5 Å². The lowest BCUT2D eigenvalue weighted by Crippen LogP contribution is -2.50. The van der Waals surface area contributed by atoms with Crippen molar-refractivity contribution in [3.63, 3.8) is 0 Å². The van der Waals surface area contributed by atoms with Crippen molar-refractivity contribution < 1.29 is 9.59 Å². The zero-order chi connectivity index (χ0) is 9.02. The van der Waals surface area contributed by atoms with E-state index in [1.807, 2.05) is 0 Å². The summed E-state index contributed by atoms with van der Waals surface area (Å²) in [6.45, 7) is 1.50. The molecule has 0 bridgehead atoms. The Hall–Kier alpha value is -1.30. The Morgan fingerprint density at radius 3 is 2.27 bits per heavy atom. The van der Waals surface area contributed by atoms with Crippen molar-refractivity contribution in [3.05, 3.63) is 0 Å². The van der Waals surface area contributed by atoms with Crippen LogP contribution in [0, 0.1) is 0 Å². The third-order valence-electron chi connectivity index (χ3n) is 1.02. The molecule has 0 rings (SSSR count). The quantitative estimate of drug-likeness (QED) is 0.401. The van der Waals surface area contributed by atoms with Gasteiger partial charge in [0.2, 0.25) is 0 Å². The van der Waals surface area contributed by atoms with Gasteiger partial charge in [-0.15, -0.1) is 0 Å². The summed E-state index contributed by atoms with van der Waals surface area (Å²) in [5.74, 6) is -0.452. The maximum absolute atomic E-state index is 10.8. The van der Waals surface area contributed by atoms with Crippen molar-refractivity contribution in [2.45, 2.75) is 13.0 Å². The number of primary amides is 1. The molecule has 0 aliphatic rings. The molecule has 0 radical (unpaired) electrons. The second-order valence-corrected chi connectivity index (χ2v) is 2.16. The van der Waals surface area contributed by atoms with Gasteiger partial charge in [-0.2, -0.15) is 0 Å². The van der Waals surface area contributed by atoms with Crippen molar-refractivity contribution in [2.75, 3.05) is 7.05 Å². The maximum atomic E-state index is 10.8. The van der Waals surface area contributed by atoms with E-state index in [0.717, 1.165) is 5.01 Å². The molecule has 5 N–H and O–H groups in total. The van der Waals surface area contributed by atoms with E-state index in [9.17, 15) is 9.59 Å². The number of urea groups is 1. The predicted octanol–water partition coefficient (Wildman–Crippen LogP) is -1.62. The number of hydrogen-bond acceptors (Lipinski definition) is 3. The summed E-state index contributed by atoms with van der Waals surface area (Å²) >= 11 is 0. The normalized spacial score (nSPS) is 11.9. The monoisotopic (exact) mass is 160 g/mol. The van der Waals surface area contributed by atoms with Crippen LogP contribution in [0.3, 0.4) is 0 Å². The summed E-state index contributed by atoms with van der Waals surface area (Å²) in [5, 5.41) is 0.867. The lowest BCUT2D eigenvalue weighted by Gasteiger charge is -2.16. The van der Waals surface area contributed by atoms with E-state index in [-0.39, 0.29) is 0 Å². The van der Waals surface area contributed by atoms with Crippen LogP contribution in [0.1, 0.15) is 6.92 Å². The molecule has 0 aliphatic carbocycles. The van der Waals surface area contributed by atoms with Crippen LogP contribution in [-0.4, -0.2) is 30.0 Å². The van der Waals surface area contributed by atoms with Gasteiger partial charge >= 0.3 is 6.03 Å². The number of nitrogens with zero attached hydrogens (tertiary/aromatic N) is 1. The molecule has 0 saturated carbocycles. The molecule has 1 atom stereocenters. The first-order valence-corrected chi connectivity index (χ1v) is 3.04. The Morgan fingerprint density at radius 1 is 1.55 bits per heavy atom. The highest BCUT2D eigenvalue weighted by Crippen LogP contribution is 1.78. The fraction of sp³-hybridized carbons (Fsp3) is 0.600. The number of carbonyl (C=O) groups is 2. The van der Waals surface area contributed by atoms with Crippen LogP contribution in [0.15, 0.2) is 0 Å². The molecule has 0 unspecified atom stereocenters. The van der Waals surface area contributed by atoms with E-state index < -0.39 is 18.0 Å². The highest BCUT2D eigenvalue weighted by Gasteiger charge is 2.10. The number of nitrogens with one attached hydrogen (secondary N) is 1. The van der Waals surface area contributed by atoms with Crippen molar-refractivity contribution in [1.82, 2.24) is 10.4 Å². The Kier molecular flexibility index (Phi) is 3.32. The number of hydrazine groups is 1. The second-order valence-electron chi connectivity index (χ2n) is 2.16. The van der Waals surface area contributed by atoms with Gasteiger partial charge in [-0.3, -0.25) is 10.2 Å². The second kappa shape index (κ2) is 3.77. The van der Waals surface area contributed by atoms with Crippen LogP contribution in [0.25, 0.3) is 0 Å². The Labute approximate surface area is 64.5 Å². The molecular formula is C5H12N4O2. The van der Waals surface area contributed by atoms with Crippen molar-refractivity contribution >= 4 is 11.9 Å². The Balaban J connectivity index is 3.85. The molecule has 6 heteroatoms. The molecule has 0 spiro atoms. The Bertz CT molecular complexity index is 168. The van der Waals surface area contributed by atoms with Gasteiger partial charge < -0.3 is 11.5 Å².